The van der Waals surface area contributed by atoms with E-state index in [0.29, 0.717) is 12.0 Å². The van der Waals surface area contributed by atoms with Crippen LogP contribution in [0.2, 0.25) is 5.02 Å². The van der Waals surface area contributed by atoms with Crippen LogP contribution in [-0.4, -0.2) is 6.54 Å². The minimum Gasteiger partial charge on any atom is -0.309 e. The zero-order chi connectivity index (χ0) is 14.8. The average molecular weight is 320 g/mol. The molecule has 0 saturated carbocycles. The van der Waals surface area contributed by atoms with Gasteiger partial charge < -0.3 is 5.32 Å². The second kappa shape index (κ2) is 6.51. The molecule has 1 aliphatic carbocycles. The van der Waals surface area contributed by atoms with Crippen LogP contribution >= 0.6 is 22.9 Å². The lowest BCUT2D eigenvalue weighted by atomic mass is 9.74. The summed E-state index contributed by atoms with van der Waals surface area (Å²) >= 11 is 8.30. The van der Waals surface area contributed by atoms with Gasteiger partial charge in [0.15, 0.2) is 0 Å². The minimum atomic E-state index is 0.384. The van der Waals surface area contributed by atoms with E-state index in [4.69, 9.17) is 11.6 Å². The topological polar surface area (TPSA) is 12.0 Å². The normalized spacial score (nSPS) is 18.1. The second-order valence-electron chi connectivity index (χ2n) is 5.94. The van der Waals surface area contributed by atoms with Gasteiger partial charge in [-0.3, -0.25) is 0 Å². The molecule has 0 saturated heterocycles. The predicted molar refractivity (Wildman–Crippen MR) is 92.6 cm³/mol. The third-order valence-electron chi connectivity index (χ3n) is 4.36. The van der Waals surface area contributed by atoms with Crippen molar-refractivity contribution >= 4 is 22.9 Å². The standard InChI is InChI=1S/C18H22ClNS/c1-3-8-20-16(18-17(19)12(2)11-21-18)10-14-9-13-6-4-5-7-15(13)14/h4-7,11,14,16,20H,3,8-10H2,1-2H3. The molecule has 0 fully saturated rings. The number of aryl methyl sites for hydroxylation is 1. The first-order valence-corrected chi connectivity index (χ1v) is 9.01. The van der Waals surface area contributed by atoms with Gasteiger partial charge in [-0.15, -0.1) is 11.3 Å². The number of hydrogen-bond acceptors (Lipinski definition) is 2. The van der Waals surface area contributed by atoms with Gasteiger partial charge >= 0.3 is 0 Å². The Bertz CT molecular complexity index is 619. The first-order valence-electron chi connectivity index (χ1n) is 7.75. The highest BCUT2D eigenvalue weighted by Gasteiger charge is 2.29. The van der Waals surface area contributed by atoms with Gasteiger partial charge in [0.2, 0.25) is 0 Å². The second-order valence-corrected chi connectivity index (χ2v) is 7.23. The minimum absolute atomic E-state index is 0.384. The van der Waals surface area contributed by atoms with Gasteiger partial charge in [0.25, 0.3) is 0 Å². The van der Waals surface area contributed by atoms with Crippen LogP contribution in [-0.2, 0) is 6.42 Å². The summed E-state index contributed by atoms with van der Waals surface area (Å²) in [6.07, 6.45) is 3.51. The summed E-state index contributed by atoms with van der Waals surface area (Å²) in [5.41, 5.74) is 4.25. The molecule has 0 bridgehead atoms. The monoisotopic (exact) mass is 319 g/mol. The maximum Gasteiger partial charge on any atom is 0.0590 e. The van der Waals surface area contributed by atoms with Crippen LogP contribution in [0, 0.1) is 6.92 Å². The molecular formula is C18H22ClNS. The van der Waals surface area contributed by atoms with Gasteiger partial charge in [0.1, 0.15) is 0 Å². The quantitative estimate of drug-likeness (QED) is 0.743. The van der Waals surface area contributed by atoms with Crippen LogP contribution in [0.1, 0.15) is 53.3 Å². The number of benzene rings is 1. The smallest absolute Gasteiger partial charge is 0.0590 e. The predicted octanol–water partition coefficient (Wildman–Crippen LogP) is 5.48. The van der Waals surface area contributed by atoms with Crippen molar-refractivity contribution in [2.45, 2.75) is 45.1 Å². The summed E-state index contributed by atoms with van der Waals surface area (Å²) in [6, 6.07) is 9.21. The Morgan fingerprint density at radius 2 is 2.19 bits per heavy atom. The van der Waals surface area contributed by atoms with Gasteiger partial charge in [-0.05, 0) is 60.7 Å². The van der Waals surface area contributed by atoms with Crippen molar-refractivity contribution < 1.29 is 0 Å². The molecule has 1 aromatic carbocycles. The molecule has 1 heterocycles. The van der Waals surface area contributed by atoms with E-state index in [2.05, 4.69) is 48.8 Å². The van der Waals surface area contributed by atoms with Crippen molar-refractivity contribution in [1.29, 1.82) is 0 Å². The van der Waals surface area contributed by atoms with Gasteiger partial charge in [-0.1, -0.05) is 42.8 Å². The Morgan fingerprint density at radius 3 is 2.86 bits per heavy atom. The first-order chi connectivity index (χ1) is 10.2. The third-order valence-corrected chi connectivity index (χ3v) is 6.19. The van der Waals surface area contributed by atoms with Crippen LogP contribution in [0.15, 0.2) is 29.6 Å². The van der Waals surface area contributed by atoms with Crippen molar-refractivity contribution in [3.63, 3.8) is 0 Å². The zero-order valence-corrected chi connectivity index (χ0v) is 14.2. The molecule has 3 rings (SSSR count). The molecule has 3 heteroatoms. The molecule has 0 radical (unpaired) electrons. The fourth-order valence-electron chi connectivity index (χ4n) is 3.14. The first kappa shape index (κ1) is 15.1. The summed E-state index contributed by atoms with van der Waals surface area (Å²) < 4.78 is 0. The summed E-state index contributed by atoms with van der Waals surface area (Å²) in [5, 5.41) is 6.83. The highest BCUT2D eigenvalue weighted by Crippen LogP contribution is 2.43. The van der Waals surface area contributed by atoms with Crippen molar-refractivity contribution in [2.24, 2.45) is 0 Å². The molecule has 112 valence electrons. The summed E-state index contributed by atoms with van der Waals surface area (Å²) in [4.78, 5) is 1.31. The Balaban J connectivity index is 1.77. The van der Waals surface area contributed by atoms with Crippen molar-refractivity contribution in [3.05, 3.63) is 56.2 Å². The van der Waals surface area contributed by atoms with E-state index in [0.717, 1.165) is 24.4 Å². The van der Waals surface area contributed by atoms with E-state index >= 15 is 0 Å². The molecular weight excluding hydrogens is 298 g/mol. The van der Waals surface area contributed by atoms with E-state index in [-0.39, 0.29) is 0 Å². The maximum atomic E-state index is 6.50. The molecule has 1 aromatic heterocycles. The number of fused-ring (bicyclic) bond motifs is 1. The van der Waals surface area contributed by atoms with Crippen LogP contribution in [0.3, 0.4) is 0 Å². The number of thiophene rings is 1. The van der Waals surface area contributed by atoms with E-state index in [1.54, 1.807) is 11.3 Å². The Morgan fingerprint density at radius 1 is 1.38 bits per heavy atom. The lowest BCUT2D eigenvalue weighted by molar-refractivity contribution is 0.433. The van der Waals surface area contributed by atoms with Gasteiger partial charge in [-0.25, -0.2) is 0 Å². The fourth-order valence-corrected chi connectivity index (χ4v) is 4.56. The van der Waals surface area contributed by atoms with E-state index < -0.39 is 0 Å². The van der Waals surface area contributed by atoms with Gasteiger partial charge in [0.05, 0.1) is 5.02 Å². The molecule has 1 aliphatic rings. The SMILES string of the molecule is CCCNC(CC1Cc2ccccc21)c1scc(C)c1Cl. The summed E-state index contributed by atoms with van der Waals surface area (Å²) in [7, 11) is 0. The number of hydrogen-bond donors (Lipinski definition) is 1. The molecule has 0 spiro atoms. The van der Waals surface area contributed by atoms with E-state index in [1.165, 1.54) is 28.0 Å². The van der Waals surface area contributed by atoms with Crippen molar-refractivity contribution in [3.8, 4) is 0 Å². The summed E-state index contributed by atoms with van der Waals surface area (Å²) in [5.74, 6) is 0.675. The lowest BCUT2D eigenvalue weighted by Gasteiger charge is -2.33. The van der Waals surface area contributed by atoms with Crippen molar-refractivity contribution in [2.75, 3.05) is 6.54 Å². The lowest BCUT2D eigenvalue weighted by Crippen LogP contribution is -2.27. The fraction of sp³-hybridized carbons (Fsp3) is 0.444. The van der Waals surface area contributed by atoms with Crippen LogP contribution in [0.4, 0.5) is 0 Å². The molecule has 2 unspecified atom stereocenters. The van der Waals surface area contributed by atoms with E-state index in [9.17, 15) is 0 Å². The summed E-state index contributed by atoms with van der Waals surface area (Å²) in [6.45, 7) is 5.36. The molecule has 1 nitrogen and oxygen atoms in total. The number of nitrogens with one attached hydrogen (secondary N) is 1. The maximum absolute atomic E-state index is 6.50. The Kier molecular flexibility index (Phi) is 4.68. The van der Waals surface area contributed by atoms with Crippen LogP contribution in [0.25, 0.3) is 0 Å². The van der Waals surface area contributed by atoms with Crippen LogP contribution in [0.5, 0.6) is 0 Å². The van der Waals surface area contributed by atoms with Crippen molar-refractivity contribution in [1.82, 2.24) is 5.32 Å². The van der Waals surface area contributed by atoms with Crippen LogP contribution < -0.4 is 5.32 Å². The van der Waals surface area contributed by atoms with E-state index in [1.807, 2.05) is 0 Å². The molecule has 2 atom stereocenters. The highest BCUT2D eigenvalue weighted by molar-refractivity contribution is 7.10. The highest BCUT2D eigenvalue weighted by atomic mass is 35.5. The molecule has 1 N–H and O–H groups in total. The number of rotatable bonds is 6. The Labute approximate surface area is 136 Å². The van der Waals surface area contributed by atoms with Gasteiger partial charge in [-0.2, -0.15) is 0 Å². The largest absolute Gasteiger partial charge is 0.309 e. The molecule has 0 amide bonds. The zero-order valence-electron chi connectivity index (χ0n) is 12.7. The Hall–Kier alpha value is -0.830. The number of halogens is 1. The van der Waals surface area contributed by atoms with Gasteiger partial charge in [0, 0.05) is 10.9 Å². The third kappa shape index (κ3) is 3.03. The molecule has 21 heavy (non-hydrogen) atoms. The average Bonchev–Trinajstić information content (AvgIpc) is 2.80. The molecule has 2 aromatic rings. The molecule has 0 aliphatic heterocycles.